The number of aldehydes is 1. The molecule has 2 N–H and O–H groups in total. The van der Waals surface area contributed by atoms with E-state index in [0.717, 1.165) is 6.29 Å². The van der Waals surface area contributed by atoms with Crippen LogP contribution in [-0.4, -0.2) is 75.0 Å². The number of esters is 1. The average Bonchev–Trinajstić information content (AvgIpc) is 2.67. The molecule has 170 valence electrons. The molecule has 0 fully saturated rings. The fourth-order valence-electron chi connectivity index (χ4n) is 2.59. The van der Waals surface area contributed by atoms with Gasteiger partial charge in [0.2, 0.25) is 5.91 Å². The number of nitrogens with zero attached hydrogens (tertiary/aromatic N) is 1. The fourth-order valence-corrected chi connectivity index (χ4v) is 2.59. The molecule has 30 heavy (non-hydrogen) atoms. The number of nitrogens with one attached hydrogen (secondary N) is 2. The number of carbonyl (C=O) groups excluding carboxylic acids is 4. The predicted octanol–water partition coefficient (Wildman–Crippen LogP) is -0.330. The Bertz CT molecular complexity index is 643. The highest BCUT2D eigenvalue weighted by Crippen LogP contribution is 2.11. The number of carboxylic acids is 1. The number of rotatable bonds is 16. The lowest BCUT2D eigenvalue weighted by atomic mass is 10.1. The minimum atomic E-state index is -1.17. The molecule has 0 aromatic heterocycles. The lowest BCUT2D eigenvalue weighted by Crippen LogP contribution is -2.51. The van der Waals surface area contributed by atoms with Crippen LogP contribution in [0.15, 0.2) is 23.9 Å². The second-order valence-electron chi connectivity index (χ2n) is 7.78. The highest BCUT2D eigenvalue weighted by molar-refractivity contribution is 5.92. The topological polar surface area (TPSA) is 125 Å². The molecule has 0 aromatic carbocycles. The SMILES string of the molecule is C=C(C)C(=O)OCCCNC=C(C)C(=O)NCCC[N+](C)(C)C(C=O)CCC(=O)[O-]. The molecule has 9 heteroatoms. The van der Waals surface area contributed by atoms with E-state index in [-0.39, 0.29) is 25.4 Å². The van der Waals surface area contributed by atoms with Crippen LogP contribution in [0.1, 0.15) is 39.5 Å². The van der Waals surface area contributed by atoms with Gasteiger partial charge in [0.25, 0.3) is 0 Å². The van der Waals surface area contributed by atoms with Crippen LogP contribution in [0.3, 0.4) is 0 Å². The maximum absolute atomic E-state index is 12.1. The second-order valence-corrected chi connectivity index (χ2v) is 7.78. The van der Waals surface area contributed by atoms with E-state index < -0.39 is 18.0 Å². The Morgan fingerprint density at radius 1 is 1.17 bits per heavy atom. The first kappa shape index (κ1) is 27.3. The van der Waals surface area contributed by atoms with Crippen molar-refractivity contribution in [1.82, 2.24) is 10.6 Å². The summed E-state index contributed by atoms with van der Waals surface area (Å²) >= 11 is 0. The summed E-state index contributed by atoms with van der Waals surface area (Å²) in [7, 11) is 3.72. The maximum atomic E-state index is 12.1. The van der Waals surface area contributed by atoms with Crippen molar-refractivity contribution in [3.63, 3.8) is 0 Å². The van der Waals surface area contributed by atoms with Crippen LogP contribution in [0.25, 0.3) is 0 Å². The standard InChI is InChI=1S/C21H35N3O6/c1-16(2)21(29)30-13-7-10-22-14-17(3)20(28)23-11-6-12-24(4,5)18(15-25)8-9-19(26)27/h14-15,18H,1,6-13H2,2-5H3,(H2-,22,23,26,27,28). The Kier molecular flexibility index (Phi) is 13.0. The molecule has 0 aliphatic heterocycles. The number of hydrogen-bond donors (Lipinski definition) is 2. The monoisotopic (exact) mass is 425 g/mol. The van der Waals surface area contributed by atoms with Gasteiger partial charge in [-0.15, -0.1) is 0 Å². The predicted molar refractivity (Wildman–Crippen MR) is 111 cm³/mol. The summed E-state index contributed by atoms with van der Waals surface area (Å²) in [6.45, 7) is 8.65. The molecular weight excluding hydrogens is 390 g/mol. The second kappa shape index (κ2) is 14.3. The van der Waals surface area contributed by atoms with Crippen LogP contribution < -0.4 is 15.7 Å². The number of carboxylic acid groups (broad SMARTS) is 1. The molecule has 1 amide bonds. The Labute approximate surface area is 178 Å². The van der Waals surface area contributed by atoms with Crippen molar-refractivity contribution in [2.24, 2.45) is 0 Å². The maximum Gasteiger partial charge on any atom is 0.333 e. The summed E-state index contributed by atoms with van der Waals surface area (Å²) in [6.07, 6.45) is 3.70. The number of likely N-dealkylation sites (N-methyl/N-ethyl adjacent to an activating group) is 1. The van der Waals surface area contributed by atoms with Crippen molar-refractivity contribution in [3.8, 4) is 0 Å². The molecule has 0 spiro atoms. The Balaban J connectivity index is 4.14. The number of amides is 1. The molecule has 1 unspecified atom stereocenters. The van der Waals surface area contributed by atoms with Crippen molar-refractivity contribution < 1.29 is 33.5 Å². The smallest absolute Gasteiger partial charge is 0.333 e. The molecule has 0 aliphatic rings. The summed E-state index contributed by atoms with van der Waals surface area (Å²) in [5.74, 6) is -1.79. The van der Waals surface area contributed by atoms with Crippen molar-refractivity contribution in [2.75, 3.05) is 40.3 Å². The first-order valence-electron chi connectivity index (χ1n) is 10.00. The van der Waals surface area contributed by atoms with E-state index in [1.807, 2.05) is 14.1 Å². The van der Waals surface area contributed by atoms with Crippen LogP contribution in [0.4, 0.5) is 0 Å². The molecular formula is C21H35N3O6. The highest BCUT2D eigenvalue weighted by Gasteiger charge is 2.27. The average molecular weight is 426 g/mol. The van der Waals surface area contributed by atoms with Crippen molar-refractivity contribution in [1.29, 1.82) is 0 Å². The van der Waals surface area contributed by atoms with Crippen molar-refractivity contribution >= 4 is 24.1 Å². The quantitative estimate of drug-likeness (QED) is 0.114. The third kappa shape index (κ3) is 12.0. The first-order chi connectivity index (χ1) is 14.0. The largest absolute Gasteiger partial charge is 0.550 e. The summed E-state index contributed by atoms with van der Waals surface area (Å²) in [6, 6.07) is -0.431. The molecule has 0 aromatic rings. The van der Waals surface area contributed by atoms with Crippen molar-refractivity contribution in [2.45, 2.75) is 45.6 Å². The Hall–Kier alpha value is -2.68. The third-order valence-corrected chi connectivity index (χ3v) is 4.62. The van der Waals surface area contributed by atoms with E-state index >= 15 is 0 Å². The highest BCUT2D eigenvalue weighted by atomic mass is 16.5. The van der Waals surface area contributed by atoms with Gasteiger partial charge in [0, 0.05) is 49.2 Å². The zero-order valence-corrected chi connectivity index (χ0v) is 18.5. The van der Waals surface area contributed by atoms with Gasteiger partial charge in [0.15, 0.2) is 6.29 Å². The molecule has 9 nitrogen and oxygen atoms in total. The van der Waals surface area contributed by atoms with Crippen LogP contribution in [0.2, 0.25) is 0 Å². The van der Waals surface area contributed by atoms with E-state index in [9.17, 15) is 24.3 Å². The van der Waals surface area contributed by atoms with Crippen LogP contribution in [0, 0.1) is 0 Å². The van der Waals surface area contributed by atoms with Gasteiger partial charge in [0.05, 0.1) is 27.2 Å². The minimum absolute atomic E-state index is 0.158. The number of ether oxygens (including phenoxy) is 1. The first-order valence-corrected chi connectivity index (χ1v) is 10.00. The van der Waals surface area contributed by atoms with Crippen LogP contribution in [-0.2, 0) is 23.9 Å². The number of hydrogen-bond acceptors (Lipinski definition) is 7. The molecule has 0 saturated heterocycles. The van der Waals surface area contributed by atoms with Gasteiger partial charge < -0.3 is 29.8 Å². The lowest BCUT2D eigenvalue weighted by molar-refractivity contribution is -0.905. The van der Waals surface area contributed by atoms with Gasteiger partial charge in [-0.25, -0.2) is 4.79 Å². The van der Waals surface area contributed by atoms with Gasteiger partial charge in [-0.2, -0.15) is 0 Å². The van der Waals surface area contributed by atoms with Gasteiger partial charge >= 0.3 is 5.97 Å². The summed E-state index contributed by atoms with van der Waals surface area (Å²) in [5, 5.41) is 16.4. The zero-order valence-electron chi connectivity index (χ0n) is 18.5. The van der Waals surface area contributed by atoms with Gasteiger partial charge in [-0.05, 0) is 26.7 Å². The Morgan fingerprint density at radius 2 is 1.83 bits per heavy atom. The van der Waals surface area contributed by atoms with Gasteiger partial charge in [-0.1, -0.05) is 6.58 Å². The molecule has 0 aliphatic carbocycles. The van der Waals surface area contributed by atoms with Gasteiger partial charge in [0.1, 0.15) is 6.04 Å². The van der Waals surface area contributed by atoms with E-state index in [0.29, 0.717) is 48.1 Å². The van der Waals surface area contributed by atoms with Gasteiger partial charge in [-0.3, -0.25) is 9.59 Å². The van der Waals surface area contributed by atoms with Crippen LogP contribution in [0.5, 0.6) is 0 Å². The summed E-state index contributed by atoms with van der Waals surface area (Å²) in [4.78, 5) is 45.2. The van der Waals surface area contributed by atoms with E-state index in [1.54, 1.807) is 20.0 Å². The molecule has 0 rings (SSSR count). The molecule has 0 bridgehead atoms. The molecule has 1 atom stereocenters. The zero-order chi connectivity index (χ0) is 23.2. The van der Waals surface area contributed by atoms with Crippen LogP contribution >= 0.6 is 0 Å². The summed E-state index contributed by atoms with van der Waals surface area (Å²) < 4.78 is 5.31. The van der Waals surface area contributed by atoms with E-state index in [4.69, 9.17) is 4.74 Å². The number of quaternary nitrogens is 1. The minimum Gasteiger partial charge on any atom is -0.550 e. The van der Waals surface area contributed by atoms with E-state index in [2.05, 4.69) is 17.2 Å². The Morgan fingerprint density at radius 3 is 2.40 bits per heavy atom. The number of aliphatic carboxylic acids is 1. The third-order valence-electron chi connectivity index (χ3n) is 4.62. The molecule has 0 radical (unpaired) electrons. The van der Waals surface area contributed by atoms with E-state index in [1.165, 1.54) is 0 Å². The lowest BCUT2D eigenvalue weighted by Gasteiger charge is -2.35. The molecule has 0 heterocycles. The molecule has 0 saturated carbocycles. The fraction of sp³-hybridized carbons (Fsp3) is 0.619. The normalized spacial score (nSPS) is 12.6. The van der Waals surface area contributed by atoms with Crippen molar-refractivity contribution in [3.05, 3.63) is 23.9 Å². The summed E-state index contributed by atoms with van der Waals surface area (Å²) in [5.41, 5.74) is 0.874. The number of carbonyl (C=O) groups is 4.